The van der Waals surface area contributed by atoms with E-state index in [1.54, 1.807) is 6.92 Å². The van der Waals surface area contributed by atoms with Crippen molar-refractivity contribution in [1.82, 2.24) is 0 Å². The Hall–Kier alpha value is -0.130. The Labute approximate surface area is 105 Å². The van der Waals surface area contributed by atoms with E-state index >= 15 is 0 Å². The van der Waals surface area contributed by atoms with E-state index in [-0.39, 0.29) is 23.1 Å². The normalized spacial score (nSPS) is 27.9. The van der Waals surface area contributed by atoms with Crippen LogP contribution in [-0.2, 0) is 14.6 Å². The van der Waals surface area contributed by atoms with E-state index in [1.807, 2.05) is 6.92 Å². The SMILES string of the molecule is CCS(=O)(=O)CCCC(N)C1(C)CCCCO1. The second-order valence-electron chi connectivity index (χ2n) is 5.10. The Balaban J connectivity index is 2.36. The molecule has 102 valence electrons. The average molecular weight is 263 g/mol. The van der Waals surface area contributed by atoms with Crippen LogP contribution >= 0.6 is 0 Å². The summed E-state index contributed by atoms with van der Waals surface area (Å²) in [6.07, 6.45) is 4.59. The van der Waals surface area contributed by atoms with Crippen LogP contribution in [0.15, 0.2) is 0 Å². The van der Waals surface area contributed by atoms with Gasteiger partial charge in [-0.2, -0.15) is 0 Å². The van der Waals surface area contributed by atoms with Crippen LogP contribution < -0.4 is 5.73 Å². The number of ether oxygens (including phenoxy) is 1. The molecule has 0 aromatic heterocycles. The van der Waals surface area contributed by atoms with E-state index in [2.05, 4.69) is 0 Å². The fourth-order valence-electron chi connectivity index (χ4n) is 2.22. The van der Waals surface area contributed by atoms with Crippen molar-refractivity contribution in [1.29, 1.82) is 0 Å². The molecule has 0 spiro atoms. The molecule has 17 heavy (non-hydrogen) atoms. The standard InChI is InChI=1S/C12H25NO3S/c1-3-17(14,15)10-6-7-11(13)12(2)8-4-5-9-16-12/h11H,3-10,13H2,1-2H3. The monoisotopic (exact) mass is 263 g/mol. The van der Waals surface area contributed by atoms with Gasteiger partial charge in [-0.1, -0.05) is 6.92 Å². The fourth-order valence-corrected chi connectivity index (χ4v) is 3.12. The lowest BCUT2D eigenvalue weighted by molar-refractivity contribution is -0.0824. The maximum Gasteiger partial charge on any atom is 0.150 e. The second-order valence-corrected chi connectivity index (χ2v) is 7.58. The van der Waals surface area contributed by atoms with E-state index in [1.165, 1.54) is 0 Å². The van der Waals surface area contributed by atoms with Crippen molar-refractivity contribution < 1.29 is 13.2 Å². The molecular formula is C12H25NO3S. The van der Waals surface area contributed by atoms with Gasteiger partial charge in [-0.25, -0.2) is 8.42 Å². The first-order chi connectivity index (χ1) is 7.90. The van der Waals surface area contributed by atoms with Crippen LogP contribution in [0.1, 0.15) is 46.0 Å². The summed E-state index contributed by atoms with van der Waals surface area (Å²) in [5.74, 6) is 0.462. The van der Waals surface area contributed by atoms with E-state index in [0.717, 1.165) is 32.3 Å². The first-order valence-electron chi connectivity index (χ1n) is 6.49. The van der Waals surface area contributed by atoms with Gasteiger partial charge in [0.05, 0.1) is 11.4 Å². The maximum absolute atomic E-state index is 11.4. The van der Waals surface area contributed by atoms with Crippen molar-refractivity contribution in [2.45, 2.75) is 57.6 Å². The summed E-state index contributed by atoms with van der Waals surface area (Å²) in [4.78, 5) is 0. The van der Waals surface area contributed by atoms with Gasteiger partial charge >= 0.3 is 0 Å². The molecule has 1 fully saturated rings. The van der Waals surface area contributed by atoms with Crippen LogP contribution in [0.25, 0.3) is 0 Å². The summed E-state index contributed by atoms with van der Waals surface area (Å²) >= 11 is 0. The maximum atomic E-state index is 11.4. The highest BCUT2D eigenvalue weighted by atomic mass is 32.2. The second kappa shape index (κ2) is 6.16. The van der Waals surface area contributed by atoms with Crippen LogP contribution in [0.4, 0.5) is 0 Å². The van der Waals surface area contributed by atoms with Gasteiger partial charge in [-0.05, 0) is 39.0 Å². The van der Waals surface area contributed by atoms with E-state index in [9.17, 15) is 8.42 Å². The van der Waals surface area contributed by atoms with Gasteiger partial charge in [0.2, 0.25) is 0 Å². The zero-order valence-electron chi connectivity index (χ0n) is 10.9. The van der Waals surface area contributed by atoms with Gasteiger partial charge in [0, 0.05) is 18.4 Å². The third kappa shape index (κ3) is 4.56. The minimum atomic E-state index is -2.86. The molecule has 2 N–H and O–H groups in total. The van der Waals surface area contributed by atoms with Crippen LogP contribution in [0.3, 0.4) is 0 Å². The number of hydrogen-bond acceptors (Lipinski definition) is 4. The van der Waals surface area contributed by atoms with Crippen LogP contribution in [-0.4, -0.2) is 38.2 Å². The van der Waals surface area contributed by atoms with Crippen molar-refractivity contribution in [2.24, 2.45) is 5.73 Å². The molecule has 0 bridgehead atoms. The first-order valence-corrected chi connectivity index (χ1v) is 8.32. The minimum absolute atomic E-state index is 0.0603. The number of hydrogen-bond donors (Lipinski definition) is 1. The van der Waals surface area contributed by atoms with Gasteiger partial charge in [-0.3, -0.25) is 0 Å². The van der Waals surface area contributed by atoms with Crippen molar-refractivity contribution >= 4 is 9.84 Å². The lowest BCUT2D eigenvalue weighted by Crippen LogP contribution is -2.49. The summed E-state index contributed by atoms with van der Waals surface area (Å²) in [5, 5.41) is 0. The molecule has 1 aliphatic heterocycles. The van der Waals surface area contributed by atoms with Gasteiger partial charge in [0.1, 0.15) is 9.84 Å². The molecule has 1 saturated heterocycles. The van der Waals surface area contributed by atoms with Crippen molar-refractivity contribution in [3.8, 4) is 0 Å². The van der Waals surface area contributed by atoms with Crippen molar-refractivity contribution in [3.05, 3.63) is 0 Å². The lowest BCUT2D eigenvalue weighted by atomic mass is 9.86. The lowest BCUT2D eigenvalue weighted by Gasteiger charge is -2.38. The van der Waals surface area contributed by atoms with Crippen LogP contribution in [0, 0.1) is 0 Å². The number of rotatable bonds is 6. The van der Waals surface area contributed by atoms with Crippen LogP contribution in [0.2, 0.25) is 0 Å². The molecular weight excluding hydrogens is 238 g/mol. The quantitative estimate of drug-likeness (QED) is 0.788. The summed E-state index contributed by atoms with van der Waals surface area (Å²) < 4.78 is 28.5. The first kappa shape index (κ1) is 14.9. The molecule has 2 atom stereocenters. The van der Waals surface area contributed by atoms with Crippen LogP contribution in [0.5, 0.6) is 0 Å². The predicted octanol–water partition coefficient (Wildman–Crippen LogP) is 1.49. The Kier molecular flexibility index (Phi) is 5.41. The highest BCUT2D eigenvalue weighted by Crippen LogP contribution is 2.28. The molecule has 0 radical (unpaired) electrons. The Morgan fingerprint density at radius 2 is 2.12 bits per heavy atom. The van der Waals surface area contributed by atoms with Gasteiger partial charge in [0.25, 0.3) is 0 Å². The van der Waals surface area contributed by atoms with Gasteiger partial charge in [0.15, 0.2) is 0 Å². The van der Waals surface area contributed by atoms with Gasteiger partial charge in [-0.15, -0.1) is 0 Å². The Morgan fingerprint density at radius 1 is 1.41 bits per heavy atom. The smallest absolute Gasteiger partial charge is 0.150 e. The van der Waals surface area contributed by atoms with Crippen molar-refractivity contribution in [2.75, 3.05) is 18.1 Å². The molecule has 2 unspecified atom stereocenters. The molecule has 0 amide bonds. The summed E-state index contributed by atoms with van der Waals surface area (Å²) in [7, 11) is -2.86. The molecule has 1 aliphatic rings. The molecule has 1 rings (SSSR count). The van der Waals surface area contributed by atoms with E-state index in [0.29, 0.717) is 6.42 Å². The molecule has 5 heteroatoms. The molecule has 1 heterocycles. The molecule has 0 aromatic carbocycles. The number of sulfone groups is 1. The predicted molar refractivity (Wildman–Crippen MR) is 69.7 cm³/mol. The zero-order chi connectivity index (χ0) is 12.9. The van der Waals surface area contributed by atoms with E-state index in [4.69, 9.17) is 10.5 Å². The molecule has 0 saturated carbocycles. The average Bonchev–Trinajstić information content (AvgIpc) is 2.29. The highest BCUT2D eigenvalue weighted by Gasteiger charge is 2.34. The molecule has 0 aromatic rings. The van der Waals surface area contributed by atoms with E-state index < -0.39 is 9.84 Å². The Morgan fingerprint density at radius 3 is 2.65 bits per heavy atom. The largest absolute Gasteiger partial charge is 0.374 e. The fraction of sp³-hybridized carbons (Fsp3) is 1.00. The topological polar surface area (TPSA) is 69.4 Å². The summed E-state index contributed by atoms with van der Waals surface area (Å²) in [5.41, 5.74) is 5.88. The summed E-state index contributed by atoms with van der Waals surface area (Å²) in [6.45, 7) is 4.50. The number of nitrogens with two attached hydrogens (primary N) is 1. The third-order valence-electron chi connectivity index (χ3n) is 3.69. The van der Waals surface area contributed by atoms with Crippen molar-refractivity contribution in [3.63, 3.8) is 0 Å². The summed E-state index contributed by atoms with van der Waals surface area (Å²) in [6, 6.07) is -0.0603. The zero-order valence-corrected chi connectivity index (χ0v) is 11.8. The molecule has 4 nitrogen and oxygen atoms in total. The molecule has 0 aliphatic carbocycles. The Bertz CT molecular complexity index is 321. The highest BCUT2D eigenvalue weighted by molar-refractivity contribution is 7.91. The third-order valence-corrected chi connectivity index (χ3v) is 5.48. The minimum Gasteiger partial charge on any atom is -0.374 e. The van der Waals surface area contributed by atoms with Gasteiger partial charge < -0.3 is 10.5 Å².